The normalized spacial score (nSPS) is 11.6. The molecule has 1 aromatic carbocycles. The third-order valence-corrected chi connectivity index (χ3v) is 2.78. The average Bonchev–Trinajstić information content (AvgIpc) is 2.65. The number of hydrogen-bond acceptors (Lipinski definition) is 2. The van der Waals surface area contributed by atoms with Gasteiger partial charge in [0.25, 0.3) is 0 Å². The summed E-state index contributed by atoms with van der Waals surface area (Å²) < 4.78 is 38.9. The number of benzene rings is 1. The number of hydrogen-bond donors (Lipinski definition) is 1. The molecule has 0 bridgehead atoms. The van der Waals surface area contributed by atoms with Crippen LogP contribution < -0.4 is 5.32 Å². The molecule has 2 aromatic rings. The molecule has 0 spiro atoms. The van der Waals surface area contributed by atoms with E-state index in [1.807, 2.05) is 20.2 Å². The maximum atomic E-state index is 12.4. The lowest BCUT2D eigenvalue weighted by Gasteiger charge is -2.08. The molecule has 1 heterocycles. The Hall–Kier alpha value is -1.98. The lowest BCUT2D eigenvalue weighted by atomic mass is 10.1. The fourth-order valence-electron chi connectivity index (χ4n) is 1.78. The minimum atomic E-state index is -4.29. The van der Waals surface area contributed by atoms with Gasteiger partial charge in [-0.2, -0.15) is 18.3 Å². The first kappa shape index (κ1) is 13.5. The number of aryl methyl sites for hydroxylation is 2. The molecule has 1 N–H and O–H groups in total. The number of anilines is 1. The van der Waals surface area contributed by atoms with E-state index in [4.69, 9.17) is 0 Å². The van der Waals surface area contributed by atoms with Gasteiger partial charge < -0.3 is 5.32 Å². The van der Waals surface area contributed by atoms with Crippen LogP contribution >= 0.6 is 0 Å². The largest absolute Gasteiger partial charge is 0.416 e. The zero-order valence-electron chi connectivity index (χ0n) is 10.6. The number of alkyl halides is 3. The van der Waals surface area contributed by atoms with Gasteiger partial charge in [-0.1, -0.05) is 12.1 Å². The van der Waals surface area contributed by atoms with Crippen molar-refractivity contribution < 1.29 is 13.2 Å². The van der Waals surface area contributed by atoms with Crippen molar-refractivity contribution in [3.05, 3.63) is 47.3 Å². The van der Waals surface area contributed by atoms with Crippen molar-refractivity contribution in [3.63, 3.8) is 0 Å². The van der Waals surface area contributed by atoms with Crippen LogP contribution in [0.5, 0.6) is 0 Å². The summed E-state index contributed by atoms with van der Waals surface area (Å²) >= 11 is 0. The van der Waals surface area contributed by atoms with Crippen LogP contribution in [0.1, 0.15) is 16.8 Å². The first-order valence-corrected chi connectivity index (χ1v) is 5.76. The van der Waals surface area contributed by atoms with Crippen LogP contribution in [-0.2, 0) is 19.8 Å². The topological polar surface area (TPSA) is 29.9 Å². The van der Waals surface area contributed by atoms with Crippen molar-refractivity contribution in [2.24, 2.45) is 7.05 Å². The number of nitrogens with one attached hydrogen (secondary N) is 1. The van der Waals surface area contributed by atoms with Crippen molar-refractivity contribution in [2.75, 3.05) is 5.32 Å². The minimum Gasteiger partial charge on any atom is -0.378 e. The van der Waals surface area contributed by atoms with E-state index < -0.39 is 11.7 Å². The fourth-order valence-corrected chi connectivity index (χ4v) is 1.78. The van der Waals surface area contributed by atoms with Crippen molar-refractivity contribution in [1.29, 1.82) is 0 Å². The van der Waals surface area contributed by atoms with Gasteiger partial charge in [0.15, 0.2) is 0 Å². The molecule has 0 saturated carbocycles. The van der Waals surface area contributed by atoms with E-state index in [0.29, 0.717) is 6.54 Å². The van der Waals surface area contributed by atoms with Crippen LogP contribution in [0.4, 0.5) is 18.9 Å². The summed E-state index contributed by atoms with van der Waals surface area (Å²) in [5, 5.41) is 7.32. The standard InChI is InChI=1S/C13H14F3N3/c1-9-12(8-19(2)18-9)17-7-10-3-5-11(6-4-10)13(14,15)16/h3-6,8,17H,7H2,1-2H3. The molecule has 0 saturated heterocycles. The van der Waals surface area contributed by atoms with E-state index >= 15 is 0 Å². The molecule has 0 aliphatic heterocycles. The number of rotatable bonds is 3. The Balaban J connectivity index is 2.02. The minimum absolute atomic E-state index is 0.463. The molecule has 102 valence electrons. The highest BCUT2D eigenvalue weighted by molar-refractivity contribution is 5.46. The second-order valence-corrected chi connectivity index (χ2v) is 4.35. The number of aromatic nitrogens is 2. The first-order chi connectivity index (χ1) is 8.86. The Kier molecular flexibility index (Phi) is 3.50. The predicted octanol–water partition coefficient (Wildman–Crippen LogP) is 3.36. The first-order valence-electron chi connectivity index (χ1n) is 5.76. The van der Waals surface area contributed by atoms with Gasteiger partial charge in [-0.15, -0.1) is 0 Å². The summed E-state index contributed by atoms with van der Waals surface area (Å²) in [6.45, 7) is 2.33. The van der Waals surface area contributed by atoms with Crippen molar-refractivity contribution in [2.45, 2.75) is 19.6 Å². The maximum absolute atomic E-state index is 12.4. The number of nitrogens with zero attached hydrogens (tertiary/aromatic N) is 2. The van der Waals surface area contributed by atoms with Gasteiger partial charge in [-0.05, 0) is 24.6 Å². The molecule has 0 unspecified atom stereocenters. The average molecular weight is 269 g/mol. The second-order valence-electron chi connectivity index (χ2n) is 4.35. The molecule has 3 nitrogen and oxygen atoms in total. The zero-order valence-corrected chi connectivity index (χ0v) is 10.6. The molecule has 0 aliphatic carbocycles. The van der Waals surface area contributed by atoms with Crippen LogP contribution in [0.15, 0.2) is 30.5 Å². The molecule has 2 rings (SSSR count). The molecular formula is C13H14F3N3. The molecule has 0 radical (unpaired) electrons. The molecule has 0 aliphatic rings. The van der Waals surface area contributed by atoms with E-state index in [-0.39, 0.29) is 0 Å². The van der Waals surface area contributed by atoms with Crippen LogP contribution in [0.2, 0.25) is 0 Å². The van der Waals surface area contributed by atoms with E-state index in [9.17, 15) is 13.2 Å². The quantitative estimate of drug-likeness (QED) is 0.926. The third-order valence-electron chi connectivity index (χ3n) is 2.78. The van der Waals surface area contributed by atoms with E-state index in [1.54, 1.807) is 4.68 Å². The van der Waals surface area contributed by atoms with Crippen LogP contribution in [-0.4, -0.2) is 9.78 Å². The van der Waals surface area contributed by atoms with Gasteiger partial charge in [0.2, 0.25) is 0 Å². The van der Waals surface area contributed by atoms with E-state index in [0.717, 1.165) is 29.1 Å². The molecule has 0 atom stereocenters. The Morgan fingerprint density at radius 1 is 1.21 bits per heavy atom. The van der Waals surface area contributed by atoms with Crippen LogP contribution in [0, 0.1) is 6.92 Å². The summed E-state index contributed by atoms with van der Waals surface area (Å²) in [7, 11) is 1.82. The summed E-state index contributed by atoms with van der Waals surface area (Å²) in [4.78, 5) is 0. The Labute approximate surface area is 109 Å². The number of halogens is 3. The molecule has 0 fully saturated rings. The monoisotopic (exact) mass is 269 g/mol. The third kappa shape index (κ3) is 3.27. The van der Waals surface area contributed by atoms with Crippen LogP contribution in [0.3, 0.4) is 0 Å². The highest BCUT2D eigenvalue weighted by Crippen LogP contribution is 2.29. The second kappa shape index (κ2) is 4.95. The summed E-state index contributed by atoms with van der Waals surface area (Å²) in [5.74, 6) is 0. The molecule has 19 heavy (non-hydrogen) atoms. The van der Waals surface area contributed by atoms with Gasteiger partial charge in [0.05, 0.1) is 16.9 Å². The molecule has 0 amide bonds. The Morgan fingerprint density at radius 2 is 1.84 bits per heavy atom. The lowest BCUT2D eigenvalue weighted by Crippen LogP contribution is -2.05. The van der Waals surface area contributed by atoms with E-state index in [2.05, 4.69) is 10.4 Å². The van der Waals surface area contributed by atoms with Crippen molar-refractivity contribution in [1.82, 2.24) is 9.78 Å². The van der Waals surface area contributed by atoms with Crippen LogP contribution in [0.25, 0.3) is 0 Å². The smallest absolute Gasteiger partial charge is 0.378 e. The zero-order chi connectivity index (χ0) is 14.0. The summed E-state index contributed by atoms with van der Waals surface area (Å²) in [6.07, 6.45) is -2.45. The molecular weight excluding hydrogens is 255 g/mol. The fraction of sp³-hybridized carbons (Fsp3) is 0.308. The molecule has 6 heteroatoms. The Bertz CT molecular complexity index is 556. The summed E-state index contributed by atoms with van der Waals surface area (Å²) in [5.41, 5.74) is 1.89. The van der Waals surface area contributed by atoms with Crippen molar-refractivity contribution in [3.8, 4) is 0 Å². The van der Waals surface area contributed by atoms with Gasteiger partial charge in [-0.25, -0.2) is 0 Å². The van der Waals surface area contributed by atoms with Gasteiger partial charge >= 0.3 is 6.18 Å². The maximum Gasteiger partial charge on any atom is 0.416 e. The Morgan fingerprint density at radius 3 is 2.32 bits per heavy atom. The highest BCUT2D eigenvalue weighted by Gasteiger charge is 2.29. The SMILES string of the molecule is Cc1nn(C)cc1NCc1ccc(C(F)(F)F)cc1. The van der Waals surface area contributed by atoms with Gasteiger partial charge in [0, 0.05) is 19.8 Å². The summed E-state index contributed by atoms with van der Waals surface area (Å²) in [6, 6.07) is 5.13. The predicted molar refractivity (Wildman–Crippen MR) is 66.7 cm³/mol. The van der Waals surface area contributed by atoms with Gasteiger partial charge in [-0.3, -0.25) is 4.68 Å². The van der Waals surface area contributed by atoms with E-state index in [1.165, 1.54) is 12.1 Å². The van der Waals surface area contributed by atoms with Gasteiger partial charge in [0.1, 0.15) is 0 Å². The lowest BCUT2D eigenvalue weighted by molar-refractivity contribution is -0.137. The highest BCUT2D eigenvalue weighted by atomic mass is 19.4. The van der Waals surface area contributed by atoms with Crippen molar-refractivity contribution >= 4 is 5.69 Å². The molecule has 1 aromatic heterocycles.